The third-order valence-corrected chi connectivity index (χ3v) is 7.32. The Bertz CT molecular complexity index is 905. The first-order valence-electron chi connectivity index (χ1n) is 16.9. The van der Waals surface area contributed by atoms with Crippen molar-refractivity contribution in [1.29, 1.82) is 0 Å². The number of hydrogen-bond donors (Lipinski definition) is 3. The lowest BCUT2D eigenvalue weighted by molar-refractivity contribution is -0.161. The summed E-state index contributed by atoms with van der Waals surface area (Å²) in [5.74, 6) is -0.263. The van der Waals surface area contributed by atoms with E-state index in [0.29, 0.717) is 25.7 Å². The summed E-state index contributed by atoms with van der Waals surface area (Å²) < 4.78 is 26.1. The van der Waals surface area contributed by atoms with Crippen molar-refractivity contribution in [1.82, 2.24) is 0 Å². The third-order valence-electron chi connectivity index (χ3n) is 6.83. The summed E-state index contributed by atoms with van der Waals surface area (Å²) >= 11 is 0. The SMILES string of the molecule is CCCC(O)C/C=C\C/C=C\C/C=C\C/C=C\CCCC(=O)OC[C@H](COP(=O)(O)O)OC(=O)CCCCCCCCC(C)C. The van der Waals surface area contributed by atoms with Crippen LogP contribution < -0.4 is 0 Å². The van der Waals surface area contributed by atoms with Crippen molar-refractivity contribution in [3.63, 3.8) is 0 Å². The molecule has 10 heteroatoms. The van der Waals surface area contributed by atoms with Gasteiger partial charge in [0.15, 0.2) is 6.10 Å². The number of rotatable bonds is 29. The number of hydrogen-bond acceptors (Lipinski definition) is 7. The Morgan fingerprint density at radius 1 is 0.711 bits per heavy atom. The number of carbonyl (C=O) groups is 2. The van der Waals surface area contributed by atoms with E-state index in [4.69, 9.17) is 19.3 Å². The summed E-state index contributed by atoms with van der Waals surface area (Å²) in [6.45, 7) is 5.62. The van der Waals surface area contributed by atoms with Gasteiger partial charge in [-0.3, -0.25) is 14.1 Å². The van der Waals surface area contributed by atoms with Crippen LogP contribution in [-0.2, 0) is 28.2 Å². The molecule has 0 aromatic rings. The monoisotopic (exact) mass is 656 g/mol. The maximum Gasteiger partial charge on any atom is 0.469 e. The molecule has 0 saturated carbocycles. The summed E-state index contributed by atoms with van der Waals surface area (Å²) in [6, 6.07) is 0. The molecule has 0 fully saturated rings. The molecule has 0 heterocycles. The van der Waals surface area contributed by atoms with Gasteiger partial charge in [-0.2, -0.15) is 0 Å². The third kappa shape index (κ3) is 33.2. The van der Waals surface area contributed by atoms with E-state index in [1.807, 2.05) is 18.2 Å². The van der Waals surface area contributed by atoms with E-state index in [-0.39, 0.29) is 25.6 Å². The van der Waals surface area contributed by atoms with Gasteiger partial charge in [0.25, 0.3) is 0 Å². The van der Waals surface area contributed by atoms with E-state index < -0.39 is 32.5 Å². The van der Waals surface area contributed by atoms with Gasteiger partial charge in [0.05, 0.1) is 12.7 Å². The molecule has 0 rings (SSSR count). The second-order valence-corrected chi connectivity index (χ2v) is 13.0. The number of phosphoric acid groups is 1. The lowest BCUT2D eigenvalue weighted by Crippen LogP contribution is -2.29. The fraction of sp³-hybridized carbons (Fsp3) is 0.714. The average molecular weight is 657 g/mol. The second kappa shape index (κ2) is 29.4. The molecule has 260 valence electrons. The van der Waals surface area contributed by atoms with E-state index >= 15 is 0 Å². The number of allylic oxidation sites excluding steroid dienone is 7. The summed E-state index contributed by atoms with van der Waals surface area (Å²) in [7, 11) is -4.76. The number of aliphatic hydroxyl groups is 1. The molecule has 0 bridgehead atoms. The molecular formula is C35H61O9P. The van der Waals surface area contributed by atoms with Crippen molar-refractivity contribution in [3.05, 3.63) is 48.6 Å². The van der Waals surface area contributed by atoms with Gasteiger partial charge >= 0.3 is 19.8 Å². The number of phosphoric ester groups is 1. The zero-order valence-electron chi connectivity index (χ0n) is 28.0. The van der Waals surface area contributed by atoms with Crippen LogP contribution in [0.3, 0.4) is 0 Å². The Morgan fingerprint density at radius 2 is 1.27 bits per heavy atom. The van der Waals surface area contributed by atoms with Gasteiger partial charge in [0, 0.05) is 12.8 Å². The van der Waals surface area contributed by atoms with Crippen LogP contribution in [0.4, 0.5) is 0 Å². The number of esters is 2. The molecule has 0 spiro atoms. The summed E-state index contributed by atoms with van der Waals surface area (Å²) in [5, 5.41) is 9.68. The Hall–Kier alpha value is -2.03. The molecule has 45 heavy (non-hydrogen) atoms. The smallest absolute Gasteiger partial charge is 0.462 e. The van der Waals surface area contributed by atoms with Crippen LogP contribution in [0, 0.1) is 5.92 Å². The molecule has 1 unspecified atom stereocenters. The molecule has 0 radical (unpaired) electrons. The molecule has 0 aromatic carbocycles. The highest BCUT2D eigenvalue weighted by molar-refractivity contribution is 7.46. The highest BCUT2D eigenvalue weighted by Gasteiger charge is 2.22. The summed E-state index contributed by atoms with van der Waals surface area (Å²) in [5.41, 5.74) is 0. The molecule has 0 aromatic heterocycles. The summed E-state index contributed by atoms with van der Waals surface area (Å²) in [6.07, 6.45) is 29.4. The van der Waals surface area contributed by atoms with Gasteiger partial charge in [0.2, 0.25) is 0 Å². The van der Waals surface area contributed by atoms with Crippen LogP contribution in [0.15, 0.2) is 48.6 Å². The minimum Gasteiger partial charge on any atom is -0.462 e. The maximum absolute atomic E-state index is 12.3. The van der Waals surface area contributed by atoms with Gasteiger partial charge in [-0.15, -0.1) is 0 Å². The summed E-state index contributed by atoms with van der Waals surface area (Å²) in [4.78, 5) is 42.4. The Kier molecular flexibility index (Phi) is 28.1. The standard InChI is InChI=1S/C35H61O9P/c1-4-24-32(36)26-21-17-12-10-8-6-5-7-9-11-13-18-22-27-34(37)42-29-33(30-43-45(39,40)41)44-35(38)28-23-19-15-14-16-20-25-31(2)3/h5,7-8,10-11,13,17,21,31-33,36H,4,6,9,12,14-16,18-20,22-30H2,1-3H3,(H2,39,40,41)/b7-5-,10-8-,13-11-,21-17-/t32?,33-/m1/s1. The van der Waals surface area contributed by atoms with Crippen LogP contribution >= 0.6 is 7.82 Å². The maximum atomic E-state index is 12.3. The number of carbonyl (C=O) groups excluding carboxylic acids is 2. The quantitative estimate of drug-likeness (QED) is 0.0313. The zero-order valence-corrected chi connectivity index (χ0v) is 28.9. The molecule has 0 saturated heterocycles. The lowest BCUT2D eigenvalue weighted by Gasteiger charge is -2.18. The van der Waals surface area contributed by atoms with Crippen LogP contribution in [0.25, 0.3) is 0 Å². The predicted octanol–water partition coefficient (Wildman–Crippen LogP) is 8.44. The first-order chi connectivity index (χ1) is 21.5. The second-order valence-electron chi connectivity index (χ2n) is 11.8. The molecule has 0 amide bonds. The van der Waals surface area contributed by atoms with E-state index in [0.717, 1.165) is 57.3 Å². The lowest BCUT2D eigenvalue weighted by atomic mass is 10.0. The van der Waals surface area contributed by atoms with Crippen molar-refractivity contribution in [3.8, 4) is 0 Å². The van der Waals surface area contributed by atoms with E-state index in [2.05, 4.69) is 55.7 Å². The van der Waals surface area contributed by atoms with Crippen molar-refractivity contribution in [2.75, 3.05) is 13.2 Å². The first-order valence-corrected chi connectivity index (χ1v) is 18.4. The molecule has 3 N–H and O–H groups in total. The Balaban J connectivity index is 4.14. The van der Waals surface area contributed by atoms with Crippen molar-refractivity contribution >= 4 is 19.8 Å². The number of ether oxygens (including phenoxy) is 2. The van der Waals surface area contributed by atoms with Gasteiger partial charge in [-0.1, -0.05) is 114 Å². The zero-order chi connectivity index (χ0) is 33.6. The van der Waals surface area contributed by atoms with Crippen molar-refractivity contribution in [2.45, 2.75) is 142 Å². The van der Waals surface area contributed by atoms with Gasteiger partial charge in [0.1, 0.15) is 6.61 Å². The Labute approximate surface area is 272 Å². The number of aliphatic hydroxyl groups excluding tert-OH is 1. The van der Waals surface area contributed by atoms with Gasteiger partial charge < -0.3 is 24.4 Å². The van der Waals surface area contributed by atoms with E-state index in [1.54, 1.807) is 0 Å². The topological polar surface area (TPSA) is 140 Å². The van der Waals surface area contributed by atoms with E-state index in [9.17, 15) is 19.3 Å². The molecule has 0 aliphatic carbocycles. The van der Waals surface area contributed by atoms with Crippen LogP contribution in [0.2, 0.25) is 0 Å². The van der Waals surface area contributed by atoms with Crippen molar-refractivity contribution in [2.24, 2.45) is 5.92 Å². The Morgan fingerprint density at radius 3 is 1.87 bits per heavy atom. The average Bonchev–Trinajstić information content (AvgIpc) is 2.97. The number of unbranched alkanes of at least 4 members (excludes halogenated alkanes) is 6. The fourth-order valence-electron chi connectivity index (χ4n) is 4.33. The van der Waals surface area contributed by atoms with Crippen molar-refractivity contribution < 1.29 is 43.0 Å². The first kappa shape index (κ1) is 43.0. The van der Waals surface area contributed by atoms with Crippen LogP contribution in [-0.4, -0.2) is 52.3 Å². The minimum absolute atomic E-state index is 0.175. The normalized spacial score (nSPS) is 13.9. The molecule has 0 aliphatic rings. The highest BCUT2D eigenvalue weighted by Crippen LogP contribution is 2.35. The van der Waals surface area contributed by atoms with Crippen LogP contribution in [0.1, 0.15) is 130 Å². The molecule has 9 nitrogen and oxygen atoms in total. The molecular weight excluding hydrogens is 595 g/mol. The molecule has 2 atom stereocenters. The molecule has 0 aliphatic heterocycles. The highest BCUT2D eigenvalue weighted by atomic mass is 31.2. The van der Waals surface area contributed by atoms with E-state index in [1.165, 1.54) is 19.3 Å². The van der Waals surface area contributed by atoms with Gasteiger partial charge in [-0.25, -0.2) is 4.57 Å². The predicted molar refractivity (Wildman–Crippen MR) is 180 cm³/mol. The minimum atomic E-state index is -4.76. The largest absolute Gasteiger partial charge is 0.469 e. The van der Waals surface area contributed by atoms with Crippen LogP contribution in [0.5, 0.6) is 0 Å². The fourth-order valence-corrected chi connectivity index (χ4v) is 4.69. The van der Waals surface area contributed by atoms with Gasteiger partial charge in [-0.05, 0) is 57.3 Å².